The van der Waals surface area contributed by atoms with Gasteiger partial charge in [-0.2, -0.15) is 0 Å². The fraction of sp³-hybridized carbons (Fsp3) is 0.167. The average Bonchev–Trinajstić information content (AvgIpc) is 3.02. The van der Waals surface area contributed by atoms with Crippen LogP contribution in [-0.4, -0.2) is 24.3 Å². The molecule has 3 amide bonds. The van der Waals surface area contributed by atoms with E-state index in [0.29, 0.717) is 18.7 Å². The van der Waals surface area contributed by atoms with Gasteiger partial charge in [0, 0.05) is 30.4 Å². The maximum absolute atomic E-state index is 13.6. The van der Waals surface area contributed by atoms with Crippen LogP contribution < -0.4 is 15.5 Å². The van der Waals surface area contributed by atoms with Crippen molar-refractivity contribution in [2.24, 2.45) is 0 Å². The molecule has 7 heteroatoms. The third kappa shape index (κ3) is 3.35. The first-order valence-electron chi connectivity index (χ1n) is 7.74. The van der Waals surface area contributed by atoms with Gasteiger partial charge in [-0.3, -0.25) is 14.4 Å². The summed E-state index contributed by atoms with van der Waals surface area (Å²) in [6.07, 6.45) is 0.584. The highest BCUT2D eigenvalue weighted by molar-refractivity contribution is 6.43. The lowest BCUT2D eigenvalue weighted by Crippen LogP contribution is -2.29. The number of benzene rings is 2. The van der Waals surface area contributed by atoms with Gasteiger partial charge in [-0.05, 0) is 30.7 Å². The van der Waals surface area contributed by atoms with E-state index in [1.54, 1.807) is 29.2 Å². The molecule has 2 aromatic rings. The molecule has 128 valence electrons. The van der Waals surface area contributed by atoms with Crippen molar-refractivity contribution < 1.29 is 18.8 Å². The van der Waals surface area contributed by atoms with E-state index in [-0.39, 0.29) is 11.6 Å². The number of anilines is 3. The first-order chi connectivity index (χ1) is 12.0. The van der Waals surface area contributed by atoms with Crippen LogP contribution in [0.25, 0.3) is 0 Å². The number of nitrogens with zero attached hydrogens (tertiary/aromatic N) is 1. The predicted octanol–water partition coefficient (Wildman–Crippen LogP) is 2.31. The van der Waals surface area contributed by atoms with Gasteiger partial charge in [-0.1, -0.05) is 18.2 Å². The summed E-state index contributed by atoms with van der Waals surface area (Å²) in [5, 5.41) is 4.76. The van der Waals surface area contributed by atoms with E-state index < -0.39 is 17.6 Å². The summed E-state index contributed by atoms with van der Waals surface area (Å²) in [5.74, 6) is -2.58. The zero-order valence-corrected chi connectivity index (χ0v) is 13.5. The van der Waals surface area contributed by atoms with Crippen LogP contribution in [0.5, 0.6) is 0 Å². The number of rotatable bonds is 2. The molecule has 6 nitrogen and oxygen atoms in total. The molecular weight excluding hydrogens is 325 g/mol. The van der Waals surface area contributed by atoms with E-state index in [9.17, 15) is 18.8 Å². The minimum Gasteiger partial charge on any atom is -0.317 e. The average molecular weight is 341 g/mol. The summed E-state index contributed by atoms with van der Waals surface area (Å²) in [4.78, 5) is 37.3. The molecule has 1 heterocycles. The van der Waals surface area contributed by atoms with Crippen molar-refractivity contribution in [3.05, 3.63) is 53.8 Å². The Morgan fingerprint density at radius 3 is 2.28 bits per heavy atom. The van der Waals surface area contributed by atoms with E-state index in [2.05, 4.69) is 10.6 Å². The van der Waals surface area contributed by atoms with E-state index in [1.165, 1.54) is 25.1 Å². The Morgan fingerprint density at radius 2 is 1.60 bits per heavy atom. The summed E-state index contributed by atoms with van der Waals surface area (Å²) in [6.45, 7) is 2.00. The van der Waals surface area contributed by atoms with Gasteiger partial charge in [0.15, 0.2) is 0 Å². The van der Waals surface area contributed by atoms with Gasteiger partial charge in [0.05, 0.1) is 5.69 Å². The van der Waals surface area contributed by atoms with Gasteiger partial charge in [-0.15, -0.1) is 0 Å². The molecule has 0 spiro atoms. The smallest absolute Gasteiger partial charge is 0.314 e. The Kier molecular flexibility index (Phi) is 4.47. The largest absolute Gasteiger partial charge is 0.317 e. The number of hydrogen-bond donors (Lipinski definition) is 2. The number of carbonyl (C=O) groups is 3. The summed E-state index contributed by atoms with van der Waals surface area (Å²) in [5.41, 5.74) is 1.92. The predicted molar refractivity (Wildman–Crippen MR) is 91.8 cm³/mol. The van der Waals surface area contributed by atoms with Gasteiger partial charge in [0.2, 0.25) is 5.91 Å². The summed E-state index contributed by atoms with van der Waals surface area (Å²) < 4.78 is 13.6. The molecule has 25 heavy (non-hydrogen) atoms. The molecule has 2 aromatic carbocycles. The number of hydrogen-bond acceptors (Lipinski definition) is 3. The summed E-state index contributed by atoms with van der Waals surface area (Å²) >= 11 is 0. The SMILES string of the molecule is CC(=O)N1CCc2c(NC(=O)C(=O)Nc3ccccc3F)cccc21. The number of fused-ring (bicyclic) bond motifs is 1. The van der Waals surface area contributed by atoms with Crippen LogP contribution >= 0.6 is 0 Å². The number of amides is 3. The second-order valence-corrected chi connectivity index (χ2v) is 5.61. The number of nitrogens with one attached hydrogen (secondary N) is 2. The molecule has 0 atom stereocenters. The Labute approximate surface area is 143 Å². The highest BCUT2D eigenvalue weighted by Crippen LogP contribution is 2.33. The van der Waals surface area contributed by atoms with Crippen LogP contribution in [0.4, 0.5) is 21.5 Å². The Bertz CT molecular complexity index is 866. The molecule has 2 N–H and O–H groups in total. The van der Waals surface area contributed by atoms with E-state index in [4.69, 9.17) is 0 Å². The van der Waals surface area contributed by atoms with E-state index in [0.717, 1.165) is 11.3 Å². The Hall–Kier alpha value is -3.22. The molecule has 0 bridgehead atoms. The monoisotopic (exact) mass is 341 g/mol. The molecule has 0 aliphatic carbocycles. The molecule has 0 aromatic heterocycles. The molecule has 0 fully saturated rings. The maximum Gasteiger partial charge on any atom is 0.314 e. The van der Waals surface area contributed by atoms with Gasteiger partial charge in [-0.25, -0.2) is 4.39 Å². The van der Waals surface area contributed by atoms with Gasteiger partial charge in [0.25, 0.3) is 0 Å². The minimum atomic E-state index is -0.968. The fourth-order valence-corrected chi connectivity index (χ4v) is 2.80. The second-order valence-electron chi connectivity index (χ2n) is 5.61. The van der Waals surface area contributed by atoms with Crippen LogP contribution in [0.3, 0.4) is 0 Å². The first kappa shape index (κ1) is 16.6. The zero-order valence-electron chi connectivity index (χ0n) is 13.5. The van der Waals surface area contributed by atoms with Crippen LogP contribution in [0.15, 0.2) is 42.5 Å². The van der Waals surface area contributed by atoms with Crippen molar-refractivity contribution in [1.29, 1.82) is 0 Å². The standard InChI is InChI=1S/C18H16FN3O3/c1-11(23)22-10-9-12-14(7-4-8-16(12)22)20-17(24)18(25)21-15-6-3-2-5-13(15)19/h2-8H,9-10H2,1H3,(H,20,24)(H,21,25). The van der Waals surface area contributed by atoms with E-state index >= 15 is 0 Å². The lowest BCUT2D eigenvalue weighted by Gasteiger charge is -2.15. The highest BCUT2D eigenvalue weighted by atomic mass is 19.1. The maximum atomic E-state index is 13.6. The molecule has 0 radical (unpaired) electrons. The minimum absolute atomic E-state index is 0.0660. The lowest BCUT2D eigenvalue weighted by molar-refractivity contribution is -0.133. The zero-order chi connectivity index (χ0) is 18.0. The highest BCUT2D eigenvalue weighted by Gasteiger charge is 2.25. The van der Waals surface area contributed by atoms with Gasteiger partial charge < -0.3 is 15.5 Å². The molecule has 0 saturated carbocycles. The van der Waals surface area contributed by atoms with Crippen LogP contribution in [0.1, 0.15) is 12.5 Å². The Balaban J connectivity index is 1.75. The third-order valence-electron chi connectivity index (χ3n) is 3.98. The number of halogens is 1. The van der Waals surface area contributed by atoms with Crippen molar-refractivity contribution >= 4 is 34.8 Å². The normalized spacial score (nSPS) is 12.5. The summed E-state index contributed by atoms with van der Waals surface area (Å²) in [7, 11) is 0. The van der Waals surface area contributed by atoms with Crippen LogP contribution in [0, 0.1) is 5.82 Å². The fourth-order valence-electron chi connectivity index (χ4n) is 2.80. The van der Waals surface area contributed by atoms with E-state index in [1.807, 2.05) is 0 Å². The molecular formula is C18H16FN3O3. The summed E-state index contributed by atoms with van der Waals surface area (Å²) in [6, 6.07) is 10.7. The first-order valence-corrected chi connectivity index (χ1v) is 7.74. The van der Waals surface area contributed by atoms with Crippen molar-refractivity contribution in [3.8, 4) is 0 Å². The van der Waals surface area contributed by atoms with Crippen molar-refractivity contribution in [2.45, 2.75) is 13.3 Å². The third-order valence-corrected chi connectivity index (χ3v) is 3.98. The number of para-hydroxylation sites is 1. The molecule has 1 aliphatic rings. The van der Waals surface area contributed by atoms with Crippen molar-refractivity contribution in [1.82, 2.24) is 0 Å². The lowest BCUT2D eigenvalue weighted by atomic mass is 10.1. The molecule has 0 saturated heterocycles. The van der Waals surface area contributed by atoms with Gasteiger partial charge in [0.1, 0.15) is 5.82 Å². The van der Waals surface area contributed by atoms with Crippen LogP contribution in [-0.2, 0) is 20.8 Å². The molecule has 3 rings (SSSR count). The van der Waals surface area contributed by atoms with Crippen molar-refractivity contribution in [3.63, 3.8) is 0 Å². The van der Waals surface area contributed by atoms with Crippen LogP contribution in [0.2, 0.25) is 0 Å². The van der Waals surface area contributed by atoms with Gasteiger partial charge >= 0.3 is 11.8 Å². The van der Waals surface area contributed by atoms with Crippen molar-refractivity contribution in [2.75, 3.05) is 22.1 Å². The second kappa shape index (κ2) is 6.72. The Morgan fingerprint density at radius 1 is 0.960 bits per heavy atom. The number of carbonyl (C=O) groups excluding carboxylic acids is 3. The topological polar surface area (TPSA) is 78.5 Å². The quantitative estimate of drug-likeness (QED) is 0.823. The molecule has 1 aliphatic heterocycles. The molecule has 0 unspecified atom stereocenters.